The molecule has 1 N–H and O–H groups in total. The minimum atomic E-state index is -0.612. The molecule has 2 aliphatic rings. The van der Waals surface area contributed by atoms with E-state index >= 15 is 0 Å². The maximum atomic E-state index is 12.1. The monoisotopic (exact) mass is 232 g/mol. The highest BCUT2D eigenvalue weighted by molar-refractivity contribution is 5.93. The van der Waals surface area contributed by atoms with Gasteiger partial charge in [0.2, 0.25) is 0 Å². The van der Waals surface area contributed by atoms with Crippen molar-refractivity contribution in [1.82, 2.24) is 9.88 Å². The molecule has 0 radical (unpaired) electrons. The number of β-amino-alcohol motifs (C(OH)–C–C–N with tert-alkyl or cyclic N) is 1. The van der Waals surface area contributed by atoms with Gasteiger partial charge in [-0.3, -0.25) is 4.79 Å². The molecule has 1 aliphatic heterocycles. The summed E-state index contributed by atoms with van der Waals surface area (Å²) in [6, 6.07) is 5.43. The van der Waals surface area contributed by atoms with Gasteiger partial charge < -0.3 is 10.0 Å². The number of likely N-dealkylation sites (tertiary alicyclic amines) is 1. The van der Waals surface area contributed by atoms with E-state index < -0.39 is 5.60 Å². The Balaban J connectivity index is 1.69. The van der Waals surface area contributed by atoms with Crippen molar-refractivity contribution >= 4 is 5.91 Å². The largest absolute Gasteiger partial charge is 0.386 e. The van der Waals surface area contributed by atoms with E-state index in [1.54, 1.807) is 11.0 Å². The Kier molecular flexibility index (Phi) is 2.23. The second-order valence-corrected chi connectivity index (χ2v) is 5.20. The zero-order valence-corrected chi connectivity index (χ0v) is 9.89. The highest BCUT2D eigenvalue weighted by Crippen LogP contribution is 2.44. The normalized spacial score (nSPS) is 22.1. The summed E-state index contributed by atoms with van der Waals surface area (Å²) in [6.45, 7) is 2.80. The van der Waals surface area contributed by atoms with Crippen LogP contribution in [0.5, 0.6) is 0 Å². The van der Waals surface area contributed by atoms with Gasteiger partial charge in [0.1, 0.15) is 11.3 Å². The first-order valence-electron chi connectivity index (χ1n) is 6.04. The number of aryl methyl sites for hydroxylation is 1. The summed E-state index contributed by atoms with van der Waals surface area (Å²) in [7, 11) is 0. The molecule has 1 aromatic rings. The molecular formula is C13H16N2O2. The van der Waals surface area contributed by atoms with E-state index in [1.165, 1.54) is 0 Å². The van der Waals surface area contributed by atoms with Crippen LogP contribution in [-0.2, 0) is 0 Å². The zero-order valence-electron chi connectivity index (χ0n) is 9.89. The van der Waals surface area contributed by atoms with Crippen molar-refractivity contribution in [1.29, 1.82) is 0 Å². The molecule has 2 fully saturated rings. The summed E-state index contributed by atoms with van der Waals surface area (Å²) in [6.07, 6.45) is 2.20. The summed E-state index contributed by atoms with van der Waals surface area (Å²) in [5.74, 6) is 0.344. The van der Waals surface area contributed by atoms with Crippen molar-refractivity contribution in [2.45, 2.75) is 25.4 Å². The number of aliphatic hydroxyl groups is 1. The number of amides is 1. The lowest BCUT2D eigenvalue weighted by atomic mass is 9.88. The second kappa shape index (κ2) is 3.53. The van der Waals surface area contributed by atoms with Crippen molar-refractivity contribution in [3.8, 4) is 0 Å². The molecule has 0 aromatic carbocycles. The number of hydrogen-bond donors (Lipinski definition) is 1. The van der Waals surface area contributed by atoms with Gasteiger partial charge in [0.25, 0.3) is 5.91 Å². The fourth-order valence-corrected chi connectivity index (χ4v) is 2.46. The molecule has 90 valence electrons. The Hall–Kier alpha value is -1.42. The topological polar surface area (TPSA) is 53.4 Å². The predicted octanol–water partition coefficient (Wildman–Crippen LogP) is 0.987. The zero-order chi connectivity index (χ0) is 12.0. The fraction of sp³-hybridized carbons (Fsp3) is 0.538. The summed E-state index contributed by atoms with van der Waals surface area (Å²) in [5, 5.41) is 10.2. The highest BCUT2D eigenvalue weighted by Gasteiger charge is 2.53. The Labute approximate surface area is 100 Å². The Morgan fingerprint density at radius 1 is 1.47 bits per heavy atom. The van der Waals surface area contributed by atoms with Crippen molar-refractivity contribution < 1.29 is 9.90 Å². The first-order chi connectivity index (χ1) is 8.08. The summed E-state index contributed by atoms with van der Waals surface area (Å²) >= 11 is 0. The van der Waals surface area contributed by atoms with Crippen LogP contribution in [0.15, 0.2) is 18.2 Å². The summed E-state index contributed by atoms with van der Waals surface area (Å²) in [4.78, 5) is 18.0. The molecule has 0 unspecified atom stereocenters. The first kappa shape index (κ1) is 10.7. The van der Waals surface area contributed by atoms with Gasteiger partial charge in [-0.1, -0.05) is 6.07 Å². The maximum absolute atomic E-state index is 12.1. The average molecular weight is 232 g/mol. The SMILES string of the molecule is Cc1cccc(C(=O)N2CC(O)(C3CC3)C2)n1. The Morgan fingerprint density at radius 2 is 2.18 bits per heavy atom. The van der Waals surface area contributed by atoms with Gasteiger partial charge in [0, 0.05) is 5.69 Å². The summed E-state index contributed by atoms with van der Waals surface area (Å²) < 4.78 is 0. The van der Waals surface area contributed by atoms with E-state index in [1.807, 2.05) is 19.1 Å². The number of rotatable bonds is 2. The fourth-order valence-electron chi connectivity index (χ4n) is 2.46. The lowest BCUT2D eigenvalue weighted by molar-refractivity contribution is -0.0959. The highest BCUT2D eigenvalue weighted by atomic mass is 16.3. The lowest BCUT2D eigenvalue weighted by Crippen LogP contribution is -2.64. The van der Waals surface area contributed by atoms with Crippen LogP contribution in [0.3, 0.4) is 0 Å². The van der Waals surface area contributed by atoms with Gasteiger partial charge in [0.05, 0.1) is 13.1 Å². The third-order valence-corrected chi connectivity index (χ3v) is 3.66. The molecule has 1 aliphatic carbocycles. The number of nitrogens with zero attached hydrogens (tertiary/aromatic N) is 2. The molecule has 17 heavy (non-hydrogen) atoms. The second-order valence-electron chi connectivity index (χ2n) is 5.20. The van der Waals surface area contributed by atoms with Gasteiger partial charge in [-0.25, -0.2) is 4.98 Å². The van der Waals surface area contributed by atoms with E-state index in [0.29, 0.717) is 24.7 Å². The summed E-state index contributed by atoms with van der Waals surface area (Å²) in [5.41, 5.74) is 0.705. The molecular weight excluding hydrogens is 216 g/mol. The van der Waals surface area contributed by atoms with Crippen LogP contribution in [0.2, 0.25) is 0 Å². The lowest BCUT2D eigenvalue weighted by Gasteiger charge is -2.46. The minimum Gasteiger partial charge on any atom is -0.386 e. The molecule has 4 nitrogen and oxygen atoms in total. The Bertz CT molecular complexity index is 462. The molecule has 0 atom stereocenters. The molecule has 1 saturated heterocycles. The van der Waals surface area contributed by atoms with Gasteiger partial charge in [-0.2, -0.15) is 0 Å². The number of carbonyl (C=O) groups excluding carboxylic acids is 1. The van der Waals surface area contributed by atoms with Gasteiger partial charge >= 0.3 is 0 Å². The molecule has 1 amide bonds. The third kappa shape index (κ3) is 1.82. The van der Waals surface area contributed by atoms with E-state index in [4.69, 9.17) is 0 Å². The minimum absolute atomic E-state index is 0.0703. The van der Waals surface area contributed by atoms with Crippen LogP contribution in [0.4, 0.5) is 0 Å². The smallest absolute Gasteiger partial charge is 0.272 e. The molecule has 4 heteroatoms. The van der Waals surface area contributed by atoms with Gasteiger partial charge in [-0.05, 0) is 37.8 Å². The van der Waals surface area contributed by atoms with Crippen molar-refractivity contribution in [3.05, 3.63) is 29.6 Å². The van der Waals surface area contributed by atoms with Gasteiger partial charge in [-0.15, -0.1) is 0 Å². The molecule has 1 saturated carbocycles. The van der Waals surface area contributed by atoms with Crippen LogP contribution in [0, 0.1) is 12.8 Å². The third-order valence-electron chi connectivity index (χ3n) is 3.66. The van der Waals surface area contributed by atoms with E-state index in [9.17, 15) is 9.90 Å². The maximum Gasteiger partial charge on any atom is 0.272 e. The van der Waals surface area contributed by atoms with Crippen molar-refractivity contribution in [2.24, 2.45) is 5.92 Å². The van der Waals surface area contributed by atoms with Crippen LogP contribution < -0.4 is 0 Å². The Morgan fingerprint density at radius 3 is 2.76 bits per heavy atom. The van der Waals surface area contributed by atoms with Crippen LogP contribution in [-0.4, -0.2) is 39.6 Å². The van der Waals surface area contributed by atoms with E-state index in [2.05, 4.69) is 4.98 Å². The quantitative estimate of drug-likeness (QED) is 0.827. The molecule has 0 bridgehead atoms. The van der Waals surface area contributed by atoms with E-state index in [0.717, 1.165) is 18.5 Å². The molecule has 0 spiro atoms. The molecule has 3 rings (SSSR count). The average Bonchev–Trinajstić information content (AvgIpc) is 3.08. The number of hydrogen-bond acceptors (Lipinski definition) is 3. The first-order valence-corrected chi connectivity index (χ1v) is 6.04. The molecule has 1 aromatic heterocycles. The van der Waals surface area contributed by atoms with E-state index in [-0.39, 0.29) is 5.91 Å². The number of aromatic nitrogens is 1. The van der Waals surface area contributed by atoms with Crippen LogP contribution in [0.1, 0.15) is 29.0 Å². The predicted molar refractivity (Wildman–Crippen MR) is 62.6 cm³/mol. The number of carbonyl (C=O) groups is 1. The molecule has 2 heterocycles. The van der Waals surface area contributed by atoms with Crippen LogP contribution in [0.25, 0.3) is 0 Å². The van der Waals surface area contributed by atoms with Gasteiger partial charge in [0.15, 0.2) is 0 Å². The van der Waals surface area contributed by atoms with Crippen molar-refractivity contribution in [3.63, 3.8) is 0 Å². The number of pyridine rings is 1. The van der Waals surface area contributed by atoms with Crippen molar-refractivity contribution in [2.75, 3.05) is 13.1 Å². The standard InChI is InChI=1S/C13H16N2O2/c1-9-3-2-4-11(14-9)12(16)15-7-13(17,8-15)10-5-6-10/h2-4,10,17H,5-8H2,1H3. The van der Waals surface area contributed by atoms with Crippen LogP contribution >= 0.6 is 0 Å².